The molecule has 7 heteroatoms. The SMILES string of the molecule is CC1(O)CC(CO)OC1n1ccc2c(N)ncnc21. The second kappa shape index (κ2) is 4.16. The van der Waals surface area contributed by atoms with Crippen LogP contribution in [-0.4, -0.2) is 43.1 Å². The fraction of sp³-hybridized carbons (Fsp3) is 0.500. The van der Waals surface area contributed by atoms with Gasteiger partial charge in [0.25, 0.3) is 0 Å². The highest BCUT2D eigenvalue weighted by molar-refractivity contribution is 5.86. The number of hydrogen-bond acceptors (Lipinski definition) is 6. The van der Waals surface area contributed by atoms with E-state index in [9.17, 15) is 10.2 Å². The molecule has 2 aromatic heterocycles. The number of anilines is 1. The van der Waals surface area contributed by atoms with Crippen molar-refractivity contribution in [3.05, 3.63) is 18.6 Å². The molecule has 1 saturated heterocycles. The molecule has 102 valence electrons. The maximum Gasteiger partial charge on any atom is 0.164 e. The second-order valence-corrected chi connectivity index (χ2v) is 5.07. The van der Waals surface area contributed by atoms with E-state index >= 15 is 0 Å². The quantitative estimate of drug-likeness (QED) is 0.707. The van der Waals surface area contributed by atoms with Crippen LogP contribution in [0, 0.1) is 0 Å². The van der Waals surface area contributed by atoms with Crippen LogP contribution in [0.1, 0.15) is 19.6 Å². The van der Waals surface area contributed by atoms with Crippen molar-refractivity contribution in [1.82, 2.24) is 14.5 Å². The molecular weight excluding hydrogens is 248 g/mol. The summed E-state index contributed by atoms with van der Waals surface area (Å²) in [5.41, 5.74) is 5.32. The Balaban J connectivity index is 2.07. The Hall–Kier alpha value is -1.70. The highest BCUT2D eigenvalue weighted by Gasteiger charge is 2.45. The molecule has 0 radical (unpaired) electrons. The Morgan fingerprint density at radius 3 is 3.05 bits per heavy atom. The standard InChI is InChI=1S/C12H16N4O3/c1-12(18)4-7(5-17)19-11(12)16-3-2-8-9(13)14-6-15-10(8)16/h2-3,6-7,11,17-18H,4-5H2,1H3,(H2,13,14,15). The maximum absolute atomic E-state index is 10.4. The Morgan fingerprint density at radius 1 is 1.58 bits per heavy atom. The lowest BCUT2D eigenvalue weighted by Gasteiger charge is -2.25. The van der Waals surface area contributed by atoms with Gasteiger partial charge in [-0.25, -0.2) is 9.97 Å². The van der Waals surface area contributed by atoms with E-state index in [1.807, 2.05) is 0 Å². The molecule has 3 rings (SSSR count). The van der Waals surface area contributed by atoms with Gasteiger partial charge in [0.15, 0.2) is 6.23 Å². The van der Waals surface area contributed by atoms with Crippen LogP contribution in [0.25, 0.3) is 11.0 Å². The van der Waals surface area contributed by atoms with E-state index in [2.05, 4.69) is 9.97 Å². The van der Waals surface area contributed by atoms with Crippen molar-refractivity contribution in [2.75, 3.05) is 12.3 Å². The molecule has 4 N–H and O–H groups in total. The summed E-state index contributed by atoms with van der Waals surface area (Å²) in [5.74, 6) is 0.389. The van der Waals surface area contributed by atoms with Crippen molar-refractivity contribution in [2.45, 2.75) is 31.3 Å². The lowest BCUT2D eigenvalue weighted by molar-refractivity contribution is -0.0852. The van der Waals surface area contributed by atoms with E-state index in [1.54, 1.807) is 23.8 Å². The van der Waals surface area contributed by atoms with Gasteiger partial charge in [-0.15, -0.1) is 0 Å². The van der Waals surface area contributed by atoms with Crippen molar-refractivity contribution >= 4 is 16.9 Å². The number of fused-ring (bicyclic) bond motifs is 1. The largest absolute Gasteiger partial charge is 0.394 e. The average Bonchev–Trinajstić information content (AvgIpc) is 2.90. The van der Waals surface area contributed by atoms with Crippen LogP contribution in [0.5, 0.6) is 0 Å². The first-order valence-corrected chi connectivity index (χ1v) is 6.08. The van der Waals surface area contributed by atoms with Gasteiger partial charge in [0.1, 0.15) is 23.4 Å². The van der Waals surface area contributed by atoms with Crippen LogP contribution >= 0.6 is 0 Å². The average molecular weight is 264 g/mol. The molecule has 0 bridgehead atoms. The fourth-order valence-corrected chi connectivity index (χ4v) is 2.59. The first kappa shape index (κ1) is 12.3. The number of aliphatic hydroxyl groups is 2. The van der Waals surface area contributed by atoms with Gasteiger partial charge in [-0.2, -0.15) is 0 Å². The zero-order valence-electron chi connectivity index (χ0n) is 10.5. The van der Waals surface area contributed by atoms with Crippen molar-refractivity contribution in [3.8, 4) is 0 Å². The first-order chi connectivity index (χ1) is 9.03. The van der Waals surface area contributed by atoms with Crippen LogP contribution in [0.15, 0.2) is 18.6 Å². The minimum absolute atomic E-state index is 0.122. The molecule has 1 aliphatic rings. The minimum Gasteiger partial charge on any atom is -0.394 e. The smallest absolute Gasteiger partial charge is 0.164 e. The molecule has 0 aliphatic carbocycles. The number of ether oxygens (including phenoxy) is 1. The van der Waals surface area contributed by atoms with Crippen molar-refractivity contribution < 1.29 is 14.9 Å². The fourth-order valence-electron chi connectivity index (χ4n) is 2.59. The number of hydrogen-bond donors (Lipinski definition) is 3. The number of aliphatic hydroxyl groups excluding tert-OH is 1. The summed E-state index contributed by atoms with van der Waals surface area (Å²) in [4.78, 5) is 8.11. The second-order valence-electron chi connectivity index (χ2n) is 5.07. The molecular formula is C12H16N4O3. The van der Waals surface area contributed by atoms with E-state index in [0.29, 0.717) is 23.3 Å². The van der Waals surface area contributed by atoms with E-state index in [0.717, 1.165) is 0 Å². The Morgan fingerprint density at radius 2 is 2.37 bits per heavy atom. The maximum atomic E-state index is 10.4. The summed E-state index contributed by atoms with van der Waals surface area (Å²) < 4.78 is 7.41. The summed E-state index contributed by atoms with van der Waals surface area (Å²) in [7, 11) is 0. The molecule has 0 aromatic carbocycles. The number of nitrogens with zero attached hydrogens (tertiary/aromatic N) is 3. The number of rotatable bonds is 2. The highest BCUT2D eigenvalue weighted by atomic mass is 16.5. The third-order valence-corrected chi connectivity index (χ3v) is 3.49. The first-order valence-electron chi connectivity index (χ1n) is 6.08. The van der Waals surface area contributed by atoms with Gasteiger partial charge < -0.3 is 25.3 Å². The number of nitrogen functional groups attached to an aromatic ring is 1. The molecule has 3 unspecified atom stereocenters. The topological polar surface area (TPSA) is 106 Å². The molecule has 0 saturated carbocycles. The zero-order chi connectivity index (χ0) is 13.6. The summed E-state index contributed by atoms with van der Waals surface area (Å²) in [6.07, 6.45) is 2.53. The third kappa shape index (κ3) is 1.86. The predicted molar refractivity (Wildman–Crippen MR) is 68.2 cm³/mol. The number of nitrogens with two attached hydrogens (primary N) is 1. The lowest BCUT2D eigenvalue weighted by Crippen LogP contribution is -2.31. The van der Waals surface area contributed by atoms with E-state index in [-0.39, 0.29) is 12.7 Å². The van der Waals surface area contributed by atoms with Gasteiger partial charge in [-0.3, -0.25) is 0 Å². The van der Waals surface area contributed by atoms with E-state index in [1.165, 1.54) is 6.33 Å². The summed E-state index contributed by atoms with van der Waals surface area (Å²) in [6, 6.07) is 1.79. The van der Waals surface area contributed by atoms with Crippen LogP contribution in [-0.2, 0) is 4.74 Å². The highest BCUT2D eigenvalue weighted by Crippen LogP contribution is 2.39. The van der Waals surface area contributed by atoms with Gasteiger partial charge in [0.2, 0.25) is 0 Å². The van der Waals surface area contributed by atoms with Crippen LogP contribution in [0.4, 0.5) is 5.82 Å². The molecule has 0 spiro atoms. The van der Waals surface area contributed by atoms with Crippen LogP contribution in [0.3, 0.4) is 0 Å². The molecule has 1 fully saturated rings. The molecule has 2 aromatic rings. The van der Waals surface area contributed by atoms with Crippen molar-refractivity contribution in [1.29, 1.82) is 0 Å². The Kier molecular flexibility index (Phi) is 2.70. The summed E-state index contributed by atoms with van der Waals surface area (Å²) >= 11 is 0. The monoisotopic (exact) mass is 264 g/mol. The Labute approximate surface area is 109 Å². The summed E-state index contributed by atoms with van der Waals surface area (Å²) in [5, 5.41) is 20.3. The van der Waals surface area contributed by atoms with Gasteiger partial charge >= 0.3 is 0 Å². The van der Waals surface area contributed by atoms with Gasteiger partial charge in [0, 0.05) is 12.6 Å². The minimum atomic E-state index is -1.07. The van der Waals surface area contributed by atoms with E-state index in [4.69, 9.17) is 10.5 Å². The lowest BCUT2D eigenvalue weighted by atomic mass is 10.0. The van der Waals surface area contributed by atoms with Crippen molar-refractivity contribution in [2.24, 2.45) is 0 Å². The van der Waals surface area contributed by atoms with Gasteiger partial charge in [-0.1, -0.05) is 0 Å². The third-order valence-electron chi connectivity index (χ3n) is 3.49. The van der Waals surface area contributed by atoms with Gasteiger partial charge in [-0.05, 0) is 13.0 Å². The molecule has 7 nitrogen and oxygen atoms in total. The zero-order valence-corrected chi connectivity index (χ0v) is 10.5. The molecule has 19 heavy (non-hydrogen) atoms. The number of aromatic nitrogens is 3. The predicted octanol–water partition coefficient (Wildman–Crippen LogP) is 0.0443. The van der Waals surface area contributed by atoms with Crippen LogP contribution in [0.2, 0.25) is 0 Å². The normalized spacial score (nSPS) is 31.1. The Bertz CT molecular complexity index is 610. The molecule has 3 heterocycles. The van der Waals surface area contributed by atoms with Crippen LogP contribution < -0.4 is 5.73 Å². The van der Waals surface area contributed by atoms with Gasteiger partial charge in [0.05, 0.1) is 18.1 Å². The summed E-state index contributed by atoms with van der Waals surface area (Å²) in [6.45, 7) is 1.56. The van der Waals surface area contributed by atoms with Crippen molar-refractivity contribution in [3.63, 3.8) is 0 Å². The molecule has 1 aliphatic heterocycles. The van der Waals surface area contributed by atoms with E-state index < -0.39 is 11.8 Å². The molecule has 0 amide bonds. The molecule has 3 atom stereocenters.